The third-order valence-electron chi connectivity index (χ3n) is 2.50. The van der Waals surface area contributed by atoms with Crippen molar-refractivity contribution in [2.45, 2.75) is 16.3 Å². The second kappa shape index (κ2) is 7.58. The van der Waals surface area contributed by atoms with Crippen molar-refractivity contribution >= 4 is 28.7 Å². The van der Waals surface area contributed by atoms with Crippen molar-refractivity contribution in [3.63, 3.8) is 0 Å². The monoisotopic (exact) mass is 339 g/mol. The summed E-state index contributed by atoms with van der Waals surface area (Å²) in [5.41, 5.74) is 1.30. The van der Waals surface area contributed by atoms with Crippen LogP contribution in [-0.2, 0) is 6.54 Å². The summed E-state index contributed by atoms with van der Waals surface area (Å²) in [5.74, 6) is 0.310. The zero-order chi connectivity index (χ0) is 13.0. The van der Waals surface area contributed by atoms with Crippen LogP contribution in [0.15, 0.2) is 58.3 Å². The van der Waals surface area contributed by atoms with E-state index in [1.807, 2.05) is 18.2 Å². The van der Waals surface area contributed by atoms with Crippen LogP contribution >= 0.6 is 28.7 Å². The highest BCUT2D eigenvalue weighted by atomic mass is 79.9. The number of hydrogen-bond donors (Lipinski definition) is 1. The van der Waals surface area contributed by atoms with Gasteiger partial charge in [0.15, 0.2) is 0 Å². The van der Waals surface area contributed by atoms with Crippen molar-refractivity contribution in [2.75, 3.05) is 14.1 Å². The van der Waals surface area contributed by atoms with Crippen LogP contribution in [0.1, 0.15) is 5.56 Å². The molecule has 0 aliphatic carbocycles. The highest BCUT2D eigenvalue weighted by Crippen LogP contribution is 2.32. The summed E-state index contributed by atoms with van der Waals surface area (Å²) in [7, 11) is 4.13. The molecule has 2 nitrogen and oxygen atoms in total. The number of rotatable bonds is 4. The van der Waals surface area contributed by atoms with Crippen LogP contribution in [0.5, 0.6) is 5.75 Å². The fraction of sp³-hybridized carbons (Fsp3) is 0.200. The van der Waals surface area contributed by atoms with Crippen molar-refractivity contribution < 1.29 is 5.11 Å². The Labute approximate surface area is 129 Å². The van der Waals surface area contributed by atoms with Crippen LogP contribution in [0, 0.1) is 0 Å². The van der Waals surface area contributed by atoms with E-state index in [0.29, 0.717) is 5.75 Å². The minimum absolute atomic E-state index is 0. The molecule has 0 saturated carbocycles. The zero-order valence-corrected chi connectivity index (χ0v) is 13.6. The van der Waals surface area contributed by atoms with Gasteiger partial charge in [-0.25, -0.2) is 0 Å². The fourth-order valence-corrected chi connectivity index (χ4v) is 2.74. The van der Waals surface area contributed by atoms with Gasteiger partial charge in [0.1, 0.15) is 5.75 Å². The first-order chi connectivity index (χ1) is 8.65. The van der Waals surface area contributed by atoms with E-state index in [9.17, 15) is 5.11 Å². The first kappa shape index (κ1) is 16.1. The standard InChI is InChI=1S/C15H17NOS.BrH/c1-16(2)11-12-6-3-4-9-15(12)18-14-8-5-7-13(17)10-14;/h3-10,17H,11H2,1-2H3;1H. The molecule has 0 fully saturated rings. The summed E-state index contributed by atoms with van der Waals surface area (Å²) in [5, 5.41) is 9.48. The summed E-state index contributed by atoms with van der Waals surface area (Å²) in [6.45, 7) is 0.919. The number of hydrogen-bond acceptors (Lipinski definition) is 3. The minimum atomic E-state index is 0. The molecule has 102 valence electrons. The predicted molar refractivity (Wildman–Crippen MR) is 86.4 cm³/mol. The van der Waals surface area contributed by atoms with E-state index in [4.69, 9.17) is 0 Å². The van der Waals surface area contributed by atoms with Gasteiger partial charge in [0, 0.05) is 16.3 Å². The molecule has 0 radical (unpaired) electrons. The average Bonchev–Trinajstić information content (AvgIpc) is 2.31. The maximum atomic E-state index is 9.48. The Bertz CT molecular complexity index is 531. The van der Waals surface area contributed by atoms with Crippen LogP contribution in [0.4, 0.5) is 0 Å². The number of halogens is 1. The van der Waals surface area contributed by atoms with Crippen LogP contribution < -0.4 is 0 Å². The molecule has 1 N–H and O–H groups in total. The Hall–Kier alpha value is -0.970. The first-order valence-corrected chi connectivity index (χ1v) is 6.66. The Morgan fingerprint density at radius 3 is 2.47 bits per heavy atom. The van der Waals surface area contributed by atoms with Crippen molar-refractivity contribution in [3.8, 4) is 5.75 Å². The molecule has 0 aromatic heterocycles. The average molecular weight is 340 g/mol. The molecule has 0 heterocycles. The molecular formula is C15H18BrNOS. The van der Waals surface area contributed by atoms with Gasteiger partial charge in [0.2, 0.25) is 0 Å². The molecular weight excluding hydrogens is 322 g/mol. The molecule has 0 unspecified atom stereocenters. The number of aromatic hydroxyl groups is 1. The number of phenols is 1. The Balaban J connectivity index is 0.00000180. The molecule has 0 aliphatic heterocycles. The van der Waals surface area contributed by atoms with E-state index in [0.717, 1.165) is 11.4 Å². The number of nitrogens with zero attached hydrogens (tertiary/aromatic N) is 1. The van der Waals surface area contributed by atoms with Crippen molar-refractivity contribution in [3.05, 3.63) is 54.1 Å². The lowest BCUT2D eigenvalue weighted by atomic mass is 10.2. The first-order valence-electron chi connectivity index (χ1n) is 5.84. The second-order valence-electron chi connectivity index (χ2n) is 4.44. The SMILES string of the molecule is Br.CN(C)Cc1ccccc1Sc1cccc(O)c1. The number of benzene rings is 2. The lowest BCUT2D eigenvalue weighted by molar-refractivity contribution is 0.399. The third-order valence-corrected chi connectivity index (χ3v) is 3.61. The summed E-state index contributed by atoms with van der Waals surface area (Å²) < 4.78 is 0. The quantitative estimate of drug-likeness (QED) is 0.903. The third kappa shape index (κ3) is 4.90. The van der Waals surface area contributed by atoms with Crippen molar-refractivity contribution in [1.82, 2.24) is 4.90 Å². The van der Waals surface area contributed by atoms with Crippen LogP contribution in [0.3, 0.4) is 0 Å². The van der Waals surface area contributed by atoms with Gasteiger partial charge in [-0.2, -0.15) is 0 Å². The molecule has 0 spiro atoms. The summed E-state index contributed by atoms with van der Waals surface area (Å²) in [6, 6.07) is 15.7. The molecule has 0 bridgehead atoms. The fourth-order valence-electron chi connectivity index (χ4n) is 1.75. The Kier molecular flexibility index (Phi) is 6.42. The van der Waals surface area contributed by atoms with E-state index in [1.165, 1.54) is 10.5 Å². The van der Waals surface area contributed by atoms with Crippen LogP contribution in [0.25, 0.3) is 0 Å². The smallest absolute Gasteiger partial charge is 0.116 e. The summed E-state index contributed by atoms with van der Waals surface area (Å²) in [6.07, 6.45) is 0. The molecule has 0 saturated heterocycles. The van der Waals surface area contributed by atoms with Gasteiger partial charge in [-0.15, -0.1) is 17.0 Å². The highest BCUT2D eigenvalue weighted by Gasteiger charge is 2.05. The number of phenolic OH excluding ortho intramolecular Hbond substituents is 1. The predicted octanol–water partition coefficient (Wildman–Crippen LogP) is 4.18. The lowest BCUT2D eigenvalue weighted by Crippen LogP contribution is -2.11. The van der Waals surface area contributed by atoms with Crippen molar-refractivity contribution in [1.29, 1.82) is 0 Å². The highest BCUT2D eigenvalue weighted by molar-refractivity contribution is 8.93. The van der Waals surface area contributed by atoms with Crippen LogP contribution in [-0.4, -0.2) is 24.1 Å². The molecule has 2 aromatic rings. The molecule has 0 atom stereocenters. The maximum Gasteiger partial charge on any atom is 0.116 e. The topological polar surface area (TPSA) is 23.5 Å². The molecule has 0 amide bonds. The molecule has 2 aromatic carbocycles. The van der Waals surface area contributed by atoms with Gasteiger partial charge < -0.3 is 10.0 Å². The van der Waals surface area contributed by atoms with E-state index < -0.39 is 0 Å². The lowest BCUT2D eigenvalue weighted by Gasteiger charge is -2.13. The van der Waals surface area contributed by atoms with E-state index in [1.54, 1.807) is 23.9 Å². The Morgan fingerprint density at radius 2 is 1.79 bits per heavy atom. The van der Waals surface area contributed by atoms with Gasteiger partial charge in [-0.3, -0.25) is 0 Å². The van der Waals surface area contributed by atoms with E-state index in [-0.39, 0.29) is 17.0 Å². The van der Waals surface area contributed by atoms with E-state index in [2.05, 4.69) is 37.2 Å². The zero-order valence-electron chi connectivity index (χ0n) is 11.0. The Morgan fingerprint density at radius 1 is 1.05 bits per heavy atom. The van der Waals surface area contributed by atoms with Gasteiger partial charge >= 0.3 is 0 Å². The molecule has 19 heavy (non-hydrogen) atoms. The second-order valence-corrected chi connectivity index (χ2v) is 5.56. The maximum absolute atomic E-state index is 9.48. The van der Waals surface area contributed by atoms with Gasteiger partial charge in [-0.1, -0.05) is 36.0 Å². The van der Waals surface area contributed by atoms with E-state index >= 15 is 0 Å². The normalized spacial score (nSPS) is 10.3. The van der Waals surface area contributed by atoms with Gasteiger partial charge in [-0.05, 0) is 43.9 Å². The van der Waals surface area contributed by atoms with Crippen molar-refractivity contribution in [2.24, 2.45) is 0 Å². The minimum Gasteiger partial charge on any atom is -0.508 e. The largest absolute Gasteiger partial charge is 0.508 e. The molecule has 0 aliphatic rings. The summed E-state index contributed by atoms with van der Waals surface area (Å²) >= 11 is 1.68. The van der Waals surface area contributed by atoms with Gasteiger partial charge in [0.05, 0.1) is 0 Å². The van der Waals surface area contributed by atoms with Crippen LogP contribution in [0.2, 0.25) is 0 Å². The molecule has 4 heteroatoms. The summed E-state index contributed by atoms with van der Waals surface area (Å²) in [4.78, 5) is 4.44. The van der Waals surface area contributed by atoms with Gasteiger partial charge in [0.25, 0.3) is 0 Å². The molecule has 2 rings (SSSR count).